The van der Waals surface area contributed by atoms with Crippen molar-refractivity contribution in [1.82, 2.24) is 19.7 Å². The average molecular weight is 430 g/mol. The van der Waals surface area contributed by atoms with Gasteiger partial charge >= 0.3 is 0 Å². The number of aliphatic hydroxyl groups excluding tert-OH is 1. The molecule has 3 aromatic rings. The number of fused-ring (bicyclic) bond motifs is 1. The molecule has 1 atom stereocenters. The van der Waals surface area contributed by atoms with Crippen LogP contribution < -0.4 is 4.90 Å². The smallest absolute Gasteiger partial charge is 0.175 e. The molecular formula is C21H27N5O3S. The molecule has 0 aliphatic carbocycles. The zero-order valence-corrected chi connectivity index (χ0v) is 18.5. The maximum absolute atomic E-state index is 12.2. The standard InChI is InChI=1S/C21H27N5O3S/c1-21(2,3)20-23-18(25-10-9-15(27)13-25)16-11-22-26(19(16)24-20)12-14-7-5-6-8-17(14)30(4,28)29/h5-8,11,15,27H,9-10,12-13H2,1-4H3/t15-/m0/s1. The van der Waals surface area contributed by atoms with E-state index in [0.717, 1.165) is 17.7 Å². The fraction of sp³-hybridized carbons (Fsp3) is 0.476. The van der Waals surface area contributed by atoms with Crippen molar-refractivity contribution in [3.8, 4) is 0 Å². The van der Waals surface area contributed by atoms with Crippen molar-refractivity contribution < 1.29 is 13.5 Å². The highest BCUT2D eigenvalue weighted by Gasteiger charge is 2.28. The number of benzene rings is 1. The predicted molar refractivity (Wildman–Crippen MR) is 116 cm³/mol. The minimum absolute atomic E-state index is 0.277. The number of hydrogen-bond donors (Lipinski definition) is 1. The largest absolute Gasteiger partial charge is 0.391 e. The van der Waals surface area contributed by atoms with Crippen molar-refractivity contribution >= 4 is 26.7 Å². The highest BCUT2D eigenvalue weighted by molar-refractivity contribution is 7.90. The van der Waals surface area contributed by atoms with Gasteiger partial charge in [0, 0.05) is 24.8 Å². The molecule has 0 spiro atoms. The highest BCUT2D eigenvalue weighted by atomic mass is 32.2. The summed E-state index contributed by atoms with van der Waals surface area (Å²) in [6.07, 6.45) is 3.27. The number of rotatable bonds is 4. The third-order valence-corrected chi connectivity index (χ3v) is 6.50. The minimum Gasteiger partial charge on any atom is -0.391 e. The summed E-state index contributed by atoms with van der Waals surface area (Å²) in [5.41, 5.74) is 1.05. The molecule has 0 radical (unpaired) electrons. The van der Waals surface area contributed by atoms with Crippen LogP contribution in [0.2, 0.25) is 0 Å². The van der Waals surface area contributed by atoms with Gasteiger partial charge in [-0.1, -0.05) is 39.0 Å². The van der Waals surface area contributed by atoms with Crippen LogP contribution >= 0.6 is 0 Å². The van der Waals surface area contributed by atoms with Crippen LogP contribution in [-0.2, 0) is 21.8 Å². The van der Waals surface area contributed by atoms with E-state index in [1.54, 1.807) is 29.1 Å². The van der Waals surface area contributed by atoms with Gasteiger partial charge in [0.05, 0.1) is 29.1 Å². The Balaban J connectivity index is 1.85. The van der Waals surface area contributed by atoms with Gasteiger partial charge < -0.3 is 10.0 Å². The van der Waals surface area contributed by atoms with E-state index in [1.165, 1.54) is 6.26 Å². The number of β-amino-alcohol motifs (C(OH)–C–C–N with tert-alkyl or cyclic N) is 1. The molecule has 0 unspecified atom stereocenters. The summed E-state index contributed by atoms with van der Waals surface area (Å²) < 4.78 is 26.1. The zero-order valence-electron chi connectivity index (χ0n) is 17.7. The molecule has 0 bridgehead atoms. The van der Waals surface area contributed by atoms with Crippen LogP contribution in [0.1, 0.15) is 38.6 Å². The van der Waals surface area contributed by atoms with Crippen molar-refractivity contribution in [2.45, 2.75) is 50.2 Å². The number of aromatic nitrogens is 4. The van der Waals surface area contributed by atoms with Crippen LogP contribution in [0.3, 0.4) is 0 Å². The normalized spacial score (nSPS) is 17.8. The third-order valence-electron chi connectivity index (χ3n) is 5.30. The van der Waals surface area contributed by atoms with Crippen LogP contribution in [0.4, 0.5) is 5.82 Å². The first-order valence-corrected chi connectivity index (χ1v) is 11.9. The molecule has 0 saturated carbocycles. The molecule has 9 heteroatoms. The molecule has 1 aromatic carbocycles. The van der Waals surface area contributed by atoms with Crippen molar-refractivity contribution in [3.05, 3.63) is 41.9 Å². The van der Waals surface area contributed by atoms with Crippen molar-refractivity contribution in [3.63, 3.8) is 0 Å². The molecule has 1 aliphatic rings. The summed E-state index contributed by atoms with van der Waals surface area (Å²) in [7, 11) is -3.36. The Morgan fingerprint density at radius 2 is 1.93 bits per heavy atom. The molecule has 1 fully saturated rings. The van der Waals surface area contributed by atoms with Crippen LogP contribution in [0.25, 0.3) is 11.0 Å². The van der Waals surface area contributed by atoms with Gasteiger partial charge in [0.15, 0.2) is 15.5 Å². The highest BCUT2D eigenvalue weighted by Crippen LogP contribution is 2.31. The first-order chi connectivity index (χ1) is 14.0. The summed E-state index contributed by atoms with van der Waals surface area (Å²) in [6.45, 7) is 7.69. The Morgan fingerprint density at radius 3 is 2.57 bits per heavy atom. The maximum Gasteiger partial charge on any atom is 0.175 e. The second-order valence-electron chi connectivity index (χ2n) is 8.93. The second-order valence-corrected chi connectivity index (χ2v) is 10.9. The average Bonchev–Trinajstić information content (AvgIpc) is 3.26. The molecule has 1 N–H and O–H groups in total. The van der Waals surface area contributed by atoms with Gasteiger partial charge in [0.25, 0.3) is 0 Å². The Hall–Kier alpha value is -2.52. The minimum atomic E-state index is -3.36. The van der Waals surface area contributed by atoms with E-state index in [9.17, 15) is 13.5 Å². The van der Waals surface area contributed by atoms with Crippen LogP contribution in [0, 0.1) is 0 Å². The lowest BCUT2D eigenvalue weighted by Crippen LogP contribution is -2.25. The first kappa shape index (κ1) is 20.7. The van der Waals surface area contributed by atoms with Crippen LogP contribution in [-0.4, -0.2) is 58.7 Å². The summed E-state index contributed by atoms with van der Waals surface area (Å²) in [5.74, 6) is 1.45. The molecule has 1 aliphatic heterocycles. The summed E-state index contributed by atoms with van der Waals surface area (Å²) in [4.78, 5) is 12.0. The lowest BCUT2D eigenvalue weighted by Gasteiger charge is -2.22. The van der Waals surface area contributed by atoms with Crippen molar-refractivity contribution in [2.75, 3.05) is 24.2 Å². The van der Waals surface area contributed by atoms with Crippen molar-refractivity contribution in [1.29, 1.82) is 0 Å². The Labute approximate surface area is 176 Å². The molecule has 2 aromatic heterocycles. The summed E-state index contributed by atoms with van der Waals surface area (Å²) in [5, 5.41) is 15.3. The number of anilines is 1. The topological polar surface area (TPSA) is 101 Å². The predicted octanol–water partition coefficient (Wildman–Crippen LogP) is 2.15. The Bertz CT molecular complexity index is 1200. The van der Waals surface area contributed by atoms with Gasteiger partial charge in [-0.15, -0.1) is 0 Å². The van der Waals surface area contributed by atoms with E-state index in [0.29, 0.717) is 34.9 Å². The summed E-state index contributed by atoms with van der Waals surface area (Å²) in [6, 6.07) is 6.95. The lowest BCUT2D eigenvalue weighted by atomic mass is 9.95. The van der Waals surface area contributed by atoms with E-state index in [1.807, 2.05) is 6.07 Å². The van der Waals surface area contributed by atoms with Gasteiger partial charge in [-0.25, -0.2) is 23.1 Å². The Morgan fingerprint density at radius 1 is 1.20 bits per heavy atom. The Kier molecular flexibility index (Phi) is 5.06. The number of nitrogens with zero attached hydrogens (tertiary/aromatic N) is 5. The molecule has 3 heterocycles. The molecule has 1 saturated heterocycles. The molecule has 160 valence electrons. The third kappa shape index (κ3) is 3.91. The molecule has 0 amide bonds. The van der Waals surface area contributed by atoms with Gasteiger partial charge in [-0.3, -0.25) is 0 Å². The zero-order chi connectivity index (χ0) is 21.7. The monoisotopic (exact) mass is 429 g/mol. The maximum atomic E-state index is 12.2. The van der Waals surface area contributed by atoms with E-state index in [4.69, 9.17) is 9.97 Å². The first-order valence-electron chi connectivity index (χ1n) is 9.99. The number of hydrogen-bond acceptors (Lipinski definition) is 7. The van der Waals surface area contributed by atoms with Crippen LogP contribution in [0.5, 0.6) is 0 Å². The van der Waals surface area contributed by atoms with E-state index < -0.39 is 9.84 Å². The van der Waals surface area contributed by atoms with Gasteiger partial charge in [0.1, 0.15) is 11.6 Å². The SMILES string of the molecule is CC(C)(C)c1nc(N2CC[C@H](O)C2)c2cnn(Cc3ccccc3S(C)(=O)=O)c2n1. The second kappa shape index (κ2) is 7.31. The van der Waals surface area contributed by atoms with Gasteiger partial charge in [-0.05, 0) is 18.1 Å². The molecule has 8 nitrogen and oxygen atoms in total. The molecular weight excluding hydrogens is 402 g/mol. The number of sulfone groups is 1. The number of aliphatic hydroxyl groups is 1. The fourth-order valence-corrected chi connectivity index (χ4v) is 4.66. The summed E-state index contributed by atoms with van der Waals surface area (Å²) >= 11 is 0. The molecule has 30 heavy (non-hydrogen) atoms. The fourth-order valence-electron chi connectivity index (χ4n) is 3.72. The van der Waals surface area contributed by atoms with Gasteiger partial charge in [-0.2, -0.15) is 5.10 Å². The van der Waals surface area contributed by atoms with E-state index in [-0.39, 0.29) is 18.1 Å². The lowest BCUT2D eigenvalue weighted by molar-refractivity contribution is 0.198. The van der Waals surface area contributed by atoms with Crippen LogP contribution in [0.15, 0.2) is 35.4 Å². The van der Waals surface area contributed by atoms with E-state index in [2.05, 4.69) is 30.8 Å². The quantitative estimate of drug-likeness (QED) is 0.678. The van der Waals surface area contributed by atoms with Crippen molar-refractivity contribution in [2.24, 2.45) is 0 Å². The molecule has 4 rings (SSSR count). The van der Waals surface area contributed by atoms with Gasteiger partial charge in [0.2, 0.25) is 0 Å². The van der Waals surface area contributed by atoms with E-state index >= 15 is 0 Å².